The maximum absolute atomic E-state index is 10.5. The van der Waals surface area contributed by atoms with Gasteiger partial charge in [-0.2, -0.15) is 0 Å². The summed E-state index contributed by atoms with van der Waals surface area (Å²) in [4.78, 5) is 24.9. The third-order valence-electron chi connectivity index (χ3n) is 1.61. The molecular weight excluding hydrogens is 280 g/mol. The number of carbonyl (C=O) groups is 2. The fourth-order valence-electron chi connectivity index (χ4n) is 0.857. The second-order valence-electron chi connectivity index (χ2n) is 2.67. The van der Waals surface area contributed by atoms with E-state index in [4.69, 9.17) is 10.2 Å². The second-order valence-corrected chi connectivity index (χ2v) is 3.52. The number of carboxylic acid groups (broad SMARTS) is 2. The summed E-state index contributed by atoms with van der Waals surface area (Å²) in [6.45, 7) is 0. The van der Waals surface area contributed by atoms with E-state index in [9.17, 15) is 9.59 Å². The number of hydrogen-bond acceptors (Lipinski definition) is 4. The van der Waals surface area contributed by atoms with E-state index >= 15 is 0 Å². The number of halogens is 1. The summed E-state index contributed by atoms with van der Waals surface area (Å²) in [6, 6.07) is 1.57. The van der Waals surface area contributed by atoms with Crippen LogP contribution in [0.2, 0.25) is 0 Å². The van der Waals surface area contributed by atoms with Gasteiger partial charge < -0.3 is 15.5 Å². The molecule has 84 valence electrons. The first kappa shape index (κ1) is 12.2. The van der Waals surface area contributed by atoms with E-state index in [1.54, 1.807) is 6.07 Å². The van der Waals surface area contributed by atoms with E-state index in [1.807, 2.05) is 0 Å². The van der Waals surface area contributed by atoms with Crippen molar-refractivity contribution in [3.8, 4) is 0 Å². The van der Waals surface area contributed by atoms with Crippen LogP contribution in [0.1, 0.15) is 0 Å². The number of pyridine rings is 1. The van der Waals surface area contributed by atoms with Crippen molar-refractivity contribution in [1.82, 2.24) is 4.98 Å². The maximum atomic E-state index is 10.5. The summed E-state index contributed by atoms with van der Waals surface area (Å²) >= 11 is 3.17. The summed E-state index contributed by atoms with van der Waals surface area (Å²) < 4.78 is 0.598. The highest BCUT2D eigenvalue weighted by Gasteiger charge is 2.15. The SMILES string of the molecule is O=C(O)C(=CNc1ccncc1Br)C(=O)O. The Morgan fingerprint density at radius 1 is 1.38 bits per heavy atom. The topological polar surface area (TPSA) is 99.5 Å². The van der Waals surface area contributed by atoms with Crippen molar-refractivity contribution in [2.45, 2.75) is 0 Å². The number of hydrogen-bond donors (Lipinski definition) is 3. The molecule has 0 fully saturated rings. The molecule has 1 aromatic heterocycles. The largest absolute Gasteiger partial charge is 0.477 e. The highest BCUT2D eigenvalue weighted by Crippen LogP contribution is 2.20. The van der Waals surface area contributed by atoms with Gasteiger partial charge in [0.1, 0.15) is 0 Å². The molecule has 0 amide bonds. The number of rotatable bonds is 4. The van der Waals surface area contributed by atoms with Crippen LogP contribution in [0.25, 0.3) is 0 Å². The zero-order valence-corrected chi connectivity index (χ0v) is 9.43. The van der Waals surface area contributed by atoms with Crippen LogP contribution < -0.4 is 5.32 Å². The van der Waals surface area contributed by atoms with E-state index in [0.717, 1.165) is 6.20 Å². The monoisotopic (exact) mass is 286 g/mol. The molecule has 0 aromatic carbocycles. The lowest BCUT2D eigenvalue weighted by Crippen LogP contribution is -2.12. The van der Waals surface area contributed by atoms with Gasteiger partial charge in [-0.15, -0.1) is 0 Å². The van der Waals surface area contributed by atoms with E-state index in [-0.39, 0.29) is 0 Å². The van der Waals surface area contributed by atoms with Crippen LogP contribution in [0.5, 0.6) is 0 Å². The van der Waals surface area contributed by atoms with E-state index in [2.05, 4.69) is 26.2 Å². The number of aliphatic carboxylic acids is 2. The molecule has 6 nitrogen and oxygen atoms in total. The van der Waals surface area contributed by atoms with Crippen molar-refractivity contribution in [3.63, 3.8) is 0 Å². The van der Waals surface area contributed by atoms with Crippen LogP contribution in [-0.4, -0.2) is 27.1 Å². The minimum atomic E-state index is -1.51. The highest BCUT2D eigenvalue weighted by molar-refractivity contribution is 9.10. The van der Waals surface area contributed by atoms with Gasteiger partial charge in [-0.05, 0) is 22.0 Å². The van der Waals surface area contributed by atoms with Gasteiger partial charge >= 0.3 is 11.9 Å². The van der Waals surface area contributed by atoms with Crippen LogP contribution >= 0.6 is 15.9 Å². The van der Waals surface area contributed by atoms with Gasteiger partial charge in [0.15, 0.2) is 5.57 Å². The molecule has 0 radical (unpaired) electrons. The molecule has 0 atom stereocenters. The smallest absolute Gasteiger partial charge is 0.344 e. The van der Waals surface area contributed by atoms with E-state index in [0.29, 0.717) is 10.2 Å². The second kappa shape index (κ2) is 5.26. The zero-order valence-electron chi connectivity index (χ0n) is 7.85. The molecule has 1 rings (SSSR count). The van der Waals surface area contributed by atoms with Crippen molar-refractivity contribution in [2.24, 2.45) is 0 Å². The number of anilines is 1. The third-order valence-corrected chi connectivity index (χ3v) is 2.24. The minimum Gasteiger partial charge on any atom is -0.477 e. The van der Waals surface area contributed by atoms with Gasteiger partial charge in [-0.1, -0.05) is 0 Å². The van der Waals surface area contributed by atoms with Crippen LogP contribution in [0.15, 0.2) is 34.7 Å². The van der Waals surface area contributed by atoms with Crippen molar-refractivity contribution < 1.29 is 19.8 Å². The van der Waals surface area contributed by atoms with Crippen molar-refractivity contribution in [1.29, 1.82) is 0 Å². The highest BCUT2D eigenvalue weighted by atomic mass is 79.9. The van der Waals surface area contributed by atoms with Crippen LogP contribution in [0.3, 0.4) is 0 Å². The molecule has 7 heteroatoms. The van der Waals surface area contributed by atoms with Crippen LogP contribution in [0.4, 0.5) is 5.69 Å². The van der Waals surface area contributed by atoms with Gasteiger partial charge in [0.2, 0.25) is 0 Å². The molecular formula is C9H7BrN2O4. The summed E-state index contributed by atoms with van der Waals surface area (Å²) in [5.74, 6) is -3.02. The van der Waals surface area contributed by atoms with Crippen LogP contribution in [0, 0.1) is 0 Å². The Balaban J connectivity index is 2.90. The Kier molecular flexibility index (Phi) is 4.01. The summed E-state index contributed by atoms with van der Waals surface area (Å²) in [6.07, 6.45) is 3.89. The molecule has 1 heterocycles. The standard InChI is InChI=1S/C9H7BrN2O4/c10-6-4-11-2-1-7(6)12-3-5(8(13)14)9(15)16/h1-4H,(H,11,12)(H,13,14)(H,15,16). The van der Waals surface area contributed by atoms with Gasteiger partial charge in [0.25, 0.3) is 0 Å². The lowest BCUT2D eigenvalue weighted by molar-refractivity contribution is -0.140. The van der Waals surface area contributed by atoms with Crippen molar-refractivity contribution in [3.05, 3.63) is 34.7 Å². The fourth-order valence-corrected chi connectivity index (χ4v) is 1.22. The molecule has 0 unspecified atom stereocenters. The fraction of sp³-hybridized carbons (Fsp3) is 0. The molecule has 0 aliphatic heterocycles. The minimum absolute atomic E-state index is 0.523. The molecule has 0 aliphatic carbocycles. The number of carboxylic acids is 2. The Morgan fingerprint density at radius 2 is 2.00 bits per heavy atom. The Bertz CT molecular complexity index is 443. The predicted molar refractivity (Wildman–Crippen MR) is 58.9 cm³/mol. The molecule has 0 bridgehead atoms. The lowest BCUT2D eigenvalue weighted by atomic mass is 10.3. The third kappa shape index (κ3) is 3.06. The molecule has 0 spiro atoms. The molecule has 0 saturated carbocycles. The van der Waals surface area contributed by atoms with Crippen LogP contribution in [-0.2, 0) is 9.59 Å². The summed E-state index contributed by atoms with van der Waals surface area (Å²) in [5.41, 5.74) is -0.223. The average molecular weight is 287 g/mol. The molecule has 0 aliphatic rings. The maximum Gasteiger partial charge on any atom is 0.344 e. The van der Waals surface area contributed by atoms with Crippen molar-refractivity contribution in [2.75, 3.05) is 5.32 Å². The van der Waals surface area contributed by atoms with E-state index < -0.39 is 17.5 Å². The number of aromatic nitrogens is 1. The predicted octanol–water partition coefficient (Wildman–Crippen LogP) is 1.31. The van der Waals surface area contributed by atoms with Gasteiger partial charge in [0, 0.05) is 18.6 Å². The Hall–Kier alpha value is -1.89. The lowest BCUT2D eigenvalue weighted by Gasteiger charge is -2.03. The van der Waals surface area contributed by atoms with Gasteiger partial charge in [-0.3, -0.25) is 4.98 Å². The molecule has 3 N–H and O–H groups in total. The molecule has 16 heavy (non-hydrogen) atoms. The Morgan fingerprint density at radius 3 is 2.50 bits per heavy atom. The normalized spacial score (nSPS) is 9.31. The number of nitrogens with one attached hydrogen (secondary N) is 1. The Labute approximate surface area is 98.8 Å². The van der Waals surface area contributed by atoms with Crippen molar-refractivity contribution >= 4 is 33.6 Å². The first-order valence-electron chi connectivity index (χ1n) is 4.05. The van der Waals surface area contributed by atoms with Gasteiger partial charge in [-0.25, -0.2) is 9.59 Å². The summed E-state index contributed by atoms with van der Waals surface area (Å²) in [7, 11) is 0. The molecule has 0 saturated heterocycles. The first-order valence-corrected chi connectivity index (χ1v) is 4.84. The van der Waals surface area contributed by atoms with Gasteiger partial charge in [0.05, 0.1) is 10.2 Å². The first-order chi connectivity index (χ1) is 7.52. The quantitative estimate of drug-likeness (QED) is 0.438. The zero-order chi connectivity index (χ0) is 12.1. The van der Waals surface area contributed by atoms with E-state index in [1.165, 1.54) is 12.4 Å². The average Bonchev–Trinajstić information content (AvgIpc) is 2.20. The summed E-state index contributed by atoms with van der Waals surface area (Å²) in [5, 5.41) is 19.7. The molecule has 1 aromatic rings. The number of nitrogens with zero attached hydrogens (tertiary/aromatic N) is 1.